The van der Waals surface area contributed by atoms with Gasteiger partial charge in [0, 0.05) is 6.54 Å². The Bertz CT molecular complexity index is 445. The van der Waals surface area contributed by atoms with Crippen LogP contribution in [-0.2, 0) is 4.79 Å². The van der Waals surface area contributed by atoms with Crippen molar-refractivity contribution in [2.75, 3.05) is 24.6 Å². The first-order valence-electron chi connectivity index (χ1n) is 6.08. The minimum absolute atomic E-state index is 0.00143. The van der Waals surface area contributed by atoms with E-state index >= 15 is 0 Å². The largest absolute Gasteiger partial charge is 0.489 e. The van der Waals surface area contributed by atoms with Crippen molar-refractivity contribution in [3.05, 3.63) is 36.9 Å². The fourth-order valence-electron chi connectivity index (χ4n) is 1.99. The molecule has 1 aromatic rings. The highest BCUT2D eigenvalue weighted by Gasteiger charge is 2.25. The Balaban J connectivity index is 2.11. The van der Waals surface area contributed by atoms with Gasteiger partial charge in [-0.2, -0.15) is 0 Å². The van der Waals surface area contributed by atoms with Crippen molar-refractivity contribution in [1.29, 1.82) is 0 Å². The number of carbonyl (C=O) groups is 1. The quantitative estimate of drug-likeness (QED) is 0.820. The molecule has 0 saturated carbocycles. The maximum Gasteiger partial charge on any atom is 0.239 e. The van der Waals surface area contributed by atoms with Gasteiger partial charge >= 0.3 is 0 Å². The van der Waals surface area contributed by atoms with Crippen LogP contribution in [0.1, 0.15) is 6.92 Å². The number of amides is 1. The Morgan fingerprint density at radius 1 is 1.61 bits per heavy atom. The summed E-state index contributed by atoms with van der Waals surface area (Å²) in [5.74, 6) is 0.838. The predicted molar refractivity (Wildman–Crippen MR) is 72.0 cm³/mol. The van der Waals surface area contributed by atoms with Crippen LogP contribution in [0.25, 0.3) is 0 Å². The SMILES string of the molecule is C=CCNC(=O)CN1c2ccccc2OC[C@H]1C. The molecule has 0 fully saturated rings. The van der Waals surface area contributed by atoms with Gasteiger partial charge in [-0.3, -0.25) is 4.79 Å². The third kappa shape index (κ3) is 2.64. The summed E-state index contributed by atoms with van der Waals surface area (Å²) in [4.78, 5) is 13.9. The van der Waals surface area contributed by atoms with E-state index in [2.05, 4.69) is 23.7 Å². The highest BCUT2D eigenvalue weighted by atomic mass is 16.5. The van der Waals surface area contributed by atoms with Crippen LogP contribution >= 0.6 is 0 Å². The monoisotopic (exact) mass is 246 g/mol. The van der Waals surface area contributed by atoms with E-state index in [0.29, 0.717) is 19.7 Å². The molecule has 1 aliphatic rings. The molecule has 1 amide bonds. The molecule has 0 bridgehead atoms. The first-order chi connectivity index (χ1) is 8.72. The molecule has 0 saturated heterocycles. The molecule has 0 aliphatic carbocycles. The van der Waals surface area contributed by atoms with Crippen molar-refractivity contribution in [1.82, 2.24) is 5.32 Å². The first-order valence-corrected chi connectivity index (χ1v) is 6.08. The molecule has 0 radical (unpaired) electrons. The lowest BCUT2D eigenvalue weighted by Crippen LogP contribution is -2.46. The van der Waals surface area contributed by atoms with Gasteiger partial charge in [-0.15, -0.1) is 6.58 Å². The van der Waals surface area contributed by atoms with Crippen molar-refractivity contribution in [3.8, 4) is 5.75 Å². The van der Waals surface area contributed by atoms with Crippen LogP contribution in [0.2, 0.25) is 0 Å². The van der Waals surface area contributed by atoms with Gasteiger partial charge < -0.3 is 15.0 Å². The van der Waals surface area contributed by atoms with Crippen molar-refractivity contribution >= 4 is 11.6 Å². The summed E-state index contributed by atoms with van der Waals surface area (Å²) >= 11 is 0. The number of benzene rings is 1. The van der Waals surface area contributed by atoms with Crippen molar-refractivity contribution in [3.63, 3.8) is 0 Å². The molecule has 96 valence electrons. The van der Waals surface area contributed by atoms with Gasteiger partial charge in [0.15, 0.2) is 0 Å². The van der Waals surface area contributed by atoms with E-state index in [0.717, 1.165) is 11.4 Å². The summed E-state index contributed by atoms with van der Waals surface area (Å²) in [6.07, 6.45) is 1.68. The zero-order valence-electron chi connectivity index (χ0n) is 10.6. The van der Waals surface area contributed by atoms with Crippen LogP contribution in [0.4, 0.5) is 5.69 Å². The molecule has 4 nitrogen and oxygen atoms in total. The molecule has 1 atom stereocenters. The van der Waals surface area contributed by atoms with Crippen LogP contribution < -0.4 is 15.0 Å². The van der Waals surface area contributed by atoms with Crippen LogP contribution in [0.15, 0.2) is 36.9 Å². The number of fused-ring (bicyclic) bond motifs is 1. The third-order valence-corrected chi connectivity index (χ3v) is 2.94. The zero-order chi connectivity index (χ0) is 13.0. The molecule has 1 aliphatic heterocycles. The number of nitrogens with one attached hydrogen (secondary N) is 1. The van der Waals surface area contributed by atoms with Crippen molar-refractivity contribution in [2.45, 2.75) is 13.0 Å². The van der Waals surface area contributed by atoms with Crippen LogP contribution in [0, 0.1) is 0 Å². The van der Waals surface area contributed by atoms with Crippen LogP contribution in [0.5, 0.6) is 5.75 Å². The Labute approximate surface area is 107 Å². The molecule has 0 aromatic heterocycles. The first kappa shape index (κ1) is 12.5. The Morgan fingerprint density at radius 3 is 3.17 bits per heavy atom. The van der Waals surface area contributed by atoms with Crippen molar-refractivity contribution in [2.24, 2.45) is 0 Å². The van der Waals surface area contributed by atoms with E-state index in [-0.39, 0.29) is 11.9 Å². The normalized spacial score (nSPS) is 17.6. The highest BCUT2D eigenvalue weighted by molar-refractivity contribution is 5.82. The lowest BCUT2D eigenvalue weighted by atomic mass is 10.1. The Kier molecular flexibility index (Phi) is 3.87. The molecule has 2 rings (SSSR count). The standard InChI is InChI=1S/C14H18N2O2/c1-3-8-15-14(17)9-16-11(2)10-18-13-7-5-4-6-12(13)16/h3-7,11H,1,8-10H2,2H3,(H,15,17)/t11-/m1/s1. The summed E-state index contributed by atoms with van der Waals surface area (Å²) in [7, 11) is 0. The summed E-state index contributed by atoms with van der Waals surface area (Å²) < 4.78 is 5.64. The summed E-state index contributed by atoms with van der Waals surface area (Å²) in [5, 5.41) is 2.79. The second-order valence-corrected chi connectivity index (χ2v) is 4.35. The number of rotatable bonds is 4. The topological polar surface area (TPSA) is 41.6 Å². The number of anilines is 1. The smallest absolute Gasteiger partial charge is 0.239 e. The number of para-hydroxylation sites is 2. The molecule has 18 heavy (non-hydrogen) atoms. The zero-order valence-corrected chi connectivity index (χ0v) is 10.6. The average Bonchev–Trinajstić information content (AvgIpc) is 2.40. The third-order valence-electron chi connectivity index (χ3n) is 2.94. The van der Waals surface area contributed by atoms with Gasteiger partial charge in [0.1, 0.15) is 12.4 Å². The van der Waals surface area contributed by atoms with E-state index in [1.165, 1.54) is 0 Å². The lowest BCUT2D eigenvalue weighted by molar-refractivity contribution is -0.119. The Morgan fingerprint density at radius 2 is 2.39 bits per heavy atom. The Hall–Kier alpha value is -1.97. The minimum atomic E-state index is -0.00143. The number of carbonyl (C=O) groups excluding carboxylic acids is 1. The molecular weight excluding hydrogens is 228 g/mol. The summed E-state index contributed by atoms with van der Waals surface area (Å²) in [5.41, 5.74) is 0.977. The van der Waals surface area contributed by atoms with E-state index in [1.807, 2.05) is 24.3 Å². The van der Waals surface area contributed by atoms with E-state index in [4.69, 9.17) is 4.74 Å². The number of hydrogen-bond acceptors (Lipinski definition) is 3. The molecule has 1 aromatic carbocycles. The highest BCUT2D eigenvalue weighted by Crippen LogP contribution is 2.32. The maximum atomic E-state index is 11.8. The van der Waals surface area contributed by atoms with Gasteiger partial charge in [-0.05, 0) is 19.1 Å². The van der Waals surface area contributed by atoms with E-state index < -0.39 is 0 Å². The molecule has 0 spiro atoms. The maximum absolute atomic E-state index is 11.8. The number of nitrogens with zero attached hydrogens (tertiary/aromatic N) is 1. The molecule has 1 N–H and O–H groups in total. The average molecular weight is 246 g/mol. The van der Waals surface area contributed by atoms with Gasteiger partial charge in [0.25, 0.3) is 0 Å². The molecule has 1 heterocycles. The van der Waals surface area contributed by atoms with Gasteiger partial charge in [-0.1, -0.05) is 18.2 Å². The molecular formula is C14H18N2O2. The van der Waals surface area contributed by atoms with E-state index in [1.54, 1.807) is 6.08 Å². The van der Waals surface area contributed by atoms with Gasteiger partial charge in [0.2, 0.25) is 5.91 Å². The van der Waals surface area contributed by atoms with Crippen LogP contribution in [0.3, 0.4) is 0 Å². The van der Waals surface area contributed by atoms with E-state index in [9.17, 15) is 4.79 Å². The fourth-order valence-corrected chi connectivity index (χ4v) is 1.99. The summed E-state index contributed by atoms with van der Waals surface area (Å²) in [6, 6.07) is 7.98. The molecule has 4 heteroatoms. The van der Waals surface area contributed by atoms with Gasteiger partial charge in [0.05, 0.1) is 18.3 Å². The second kappa shape index (κ2) is 5.58. The lowest BCUT2D eigenvalue weighted by Gasteiger charge is -2.36. The second-order valence-electron chi connectivity index (χ2n) is 4.35. The summed E-state index contributed by atoms with van der Waals surface area (Å²) in [6.45, 7) is 7.08. The van der Waals surface area contributed by atoms with Crippen LogP contribution in [-0.4, -0.2) is 31.6 Å². The number of ether oxygens (including phenoxy) is 1. The number of hydrogen-bond donors (Lipinski definition) is 1. The van der Waals surface area contributed by atoms with Crippen molar-refractivity contribution < 1.29 is 9.53 Å². The fraction of sp³-hybridized carbons (Fsp3) is 0.357. The molecule has 0 unspecified atom stereocenters. The predicted octanol–water partition coefficient (Wildman–Crippen LogP) is 1.58. The van der Waals surface area contributed by atoms with Gasteiger partial charge in [-0.25, -0.2) is 0 Å². The minimum Gasteiger partial charge on any atom is -0.489 e.